The number of carboxylic acids is 2. The van der Waals surface area contributed by atoms with Gasteiger partial charge in [-0.15, -0.1) is 0 Å². The number of rotatable bonds is 19. The molecule has 8 nitrogen and oxygen atoms in total. The first-order valence-corrected chi connectivity index (χ1v) is 10.6. The third-order valence-electron chi connectivity index (χ3n) is 4.35. The fourth-order valence-corrected chi connectivity index (χ4v) is 2.75. The van der Waals surface area contributed by atoms with E-state index in [2.05, 4.69) is 0 Å². The highest BCUT2D eigenvalue weighted by Crippen LogP contribution is 2.10. The van der Waals surface area contributed by atoms with Crippen molar-refractivity contribution in [1.29, 1.82) is 0 Å². The molecule has 2 N–H and O–H groups in total. The Labute approximate surface area is 172 Å². The third-order valence-corrected chi connectivity index (χ3v) is 4.35. The molecule has 0 amide bonds. The van der Waals surface area contributed by atoms with Crippen molar-refractivity contribution in [3.8, 4) is 0 Å². The molecular weight excluding hydrogens is 380 g/mol. The molecular formula is C21H36O8. The molecule has 1 unspecified atom stereocenters. The maximum atomic E-state index is 11.7. The highest BCUT2D eigenvalue weighted by molar-refractivity contribution is 5.70. The van der Waals surface area contributed by atoms with Crippen molar-refractivity contribution in [2.45, 2.75) is 103 Å². The summed E-state index contributed by atoms with van der Waals surface area (Å²) in [5, 5.41) is 17.1. The van der Waals surface area contributed by atoms with E-state index in [1.807, 2.05) is 0 Å². The standard InChI is InChI=1S/C21H36O8/c1-17(29-21(27)15-11-7-3-5-9-13-19(24)25)16-28-20(26)14-10-6-2-4-8-12-18(22)23/h17H,2-16H2,1H3,(H,22,23)(H,24,25). The van der Waals surface area contributed by atoms with Crippen LogP contribution in [-0.2, 0) is 28.7 Å². The molecule has 0 saturated carbocycles. The van der Waals surface area contributed by atoms with E-state index in [0.717, 1.165) is 38.5 Å². The minimum absolute atomic E-state index is 0.0401. The minimum Gasteiger partial charge on any atom is -0.481 e. The Morgan fingerprint density at radius 2 is 1.00 bits per heavy atom. The Morgan fingerprint density at radius 1 is 0.621 bits per heavy atom. The first-order valence-electron chi connectivity index (χ1n) is 10.6. The average molecular weight is 417 g/mol. The zero-order valence-electron chi connectivity index (χ0n) is 17.5. The zero-order valence-corrected chi connectivity index (χ0v) is 17.5. The molecule has 0 rings (SSSR count). The summed E-state index contributed by atoms with van der Waals surface area (Å²) in [4.78, 5) is 44.2. The molecule has 0 aromatic carbocycles. The van der Waals surface area contributed by atoms with Gasteiger partial charge in [0.25, 0.3) is 0 Å². The molecule has 0 aromatic heterocycles. The van der Waals surface area contributed by atoms with Crippen LogP contribution in [-0.4, -0.2) is 46.8 Å². The molecule has 0 aliphatic rings. The summed E-state index contributed by atoms with van der Waals surface area (Å²) < 4.78 is 10.3. The van der Waals surface area contributed by atoms with Gasteiger partial charge in [-0.05, 0) is 32.6 Å². The fraction of sp³-hybridized carbons (Fsp3) is 0.810. The summed E-state index contributed by atoms with van der Waals surface area (Å²) in [7, 11) is 0. The van der Waals surface area contributed by atoms with Gasteiger partial charge in [0.05, 0.1) is 0 Å². The Kier molecular flexibility index (Phi) is 16.6. The van der Waals surface area contributed by atoms with E-state index in [0.29, 0.717) is 38.5 Å². The lowest BCUT2D eigenvalue weighted by molar-refractivity contribution is -0.158. The van der Waals surface area contributed by atoms with E-state index in [1.165, 1.54) is 0 Å². The van der Waals surface area contributed by atoms with Crippen molar-refractivity contribution in [2.75, 3.05) is 6.61 Å². The zero-order chi connectivity index (χ0) is 21.9. The summed E-state index contributed by atoms with van der Waals surface area (Å²) >= 11 is 0. The van der Waals surface area contributed by atoms with Crippen LogP contribution in [0.25, 0.3) is 0 Å². The first kappa shape index (κ1) is 26.9. The average Bonchev–Trinajstić information content (AvgIpc) is 2.64. The Morgan fingerprint density at radius 3 is 1.45 bits per heavy atom. The van der Waals surface area contributed by atoms with Crippen molar-refractivity contribution in [1.82, 2.24) is 0 Å². The number of hydrogen-bond donors (Lipinski definition) is 2. The monoisotopic (exact) mass is 416 g/mol. The van der Waals surface area contributed by atoms with Gasteiger partial charge in [-0.2, -0.15) is 0 Å². The van der Waals surface area contributed by atoms with Gasteiger partial charge >= 0.3 is 23.9 Å². The lowest BCUT2D eigenvalue weighted by Gasteiger charge is -2.13. The van der Waals surface area contributed by atoms with E-state index in [9.17, 15) is 19.2 Å². The van der Waals surface area contributed by atoms with E-state index in [-0.39, 0.29) is 31.4 Å². The van der Waals surface area contributed by atoms with Crippen molar-refractivity contribution in [3.63, 3.8) is 0 Å². The summed E-state index contributed by atoms with van der Waals surface area (Å²) in [6.45, 7) is 1.72. The molecule has 0 aliphatic carbocycles. The number of carboxylic acid groups (broad SMARTS) is 2. The molecule has 0 spiro atoms. The molecule has 168 valence electrons. The summed E-state index contributed by atoms with van der Waals surface area (Å²) in [6.07, 6.45) is 8.41. The molecule has 1 atom stereocenters. The number of carbonyl (C=O) groups is 4. The van der Waals surface area contributed by atoms with Crippen molar-refractivity contribution < 1.29 is 38.9 Å². The SMILES string of the molecule is CC(COC(=O)CCCCCCCC(=O)O)OC(=O)CCCCCCCC(=O)O. The number of aliphatic carboxylic acids is 2. The van der Waals surface area contributed by atoms with Gasteiger partial charge in [-0.1, -0.05) is 38.5 Å². The molecule has 0 saturated heterocycles. The largest absolute Gasteiger partial charge is 0.481 e. The Hall–Kier alpha value is -2.12. The van der Waals surface area contributed by atoms with Crippen LogP contribution >= 0.6 is 0 Å². The van der Waals surface area contributed by atoms with Gasteiger partial charge in [-0.3, -0.25) is 19.2 Å². The van der Waals surface area contributed by atoms with Crippen molar-refractivity contribution in [2.24, 2.45) is 0 Å². The number of carbonyl (C=O) groups excluding carboxylic acids is 2. The van der Waals surface area contributed by atoms with E-state index in [4.69, 9.17) is 19.7 Å². The maximum Gasteiger partial charge on any atom is 0.306 e. The van der Waals surface area contributed by atoms with E-state index >= 15 is 0 Å². The van der Waals surface area contributed by atoms with Crippen LogP contribution in [0.15, 0.2) is 0 Å². The lowest BCUT2D eigenvalue weighted by Crippen LogP contribution is -2.22. The second kappa shape index (κ2) is 17.9. The van der Waals surface area contributed by atoms with Gasteiger partial charge < -0.3 is 19.7 Å². The summed E-state index contributed by atoms with van der Waals surface area (Å²) in [5.74, 6) is -2.20. The molecule has 0 fully saturated rings. The van der Waals surface area contributed by atoms with Crippen molar-refractivity contribution >= 4 is 23.9 Å². The van der Waals surface area contributed by atoms with E-state index < -0.39 is 18.0 Å². The van der Waals surface area contributed by atoms with Gasteiger partial charge in [-0.25, -0.2) is 0 Å². The fourth-order valence-electron chi connectivity index (χ4n) is 2.75. The van der Waals surface area contributed by atoms with Crippen LogP contribution in [0.2, 0.25) is 0 Å². The molecule has 0 radical (unpaired) electrons. The normalized spacial score (nSPS) is 11.6. The van der Waals surface area contributed by atoms with Gasteiger partial charge in [0.1, 0.15) is 12.7 Å². The van der Waals surface area contributed by atoms with Crippen LogP contribution in [0, 0.1) is 0 Å². The van der Waals surface area contributed by atoms with Gasteiger partial charge in [0.15, 0.2) is 0 Å². The smallest absolute Gasteiger partial charge is 0.306 e. The second-order valence-corrected chi connectivity index (χ2v) is 7.31. The Bertz CT molecular complexity index is 489. The van der Waals surface area contributed by atoms with Crippen LogP contribution < -0.4 is 0 Å². The quantitative estimate of drug-likeness (QED) is 0.238. The second-order valence-electron chi connectivity index (χ2n) is 7.31. The summed E-state index contributed by atoms with van der Waals surface area (Å²) in [5.41, 5.74) is 0. The van der Waals surface area contributed by atoms with Crippen LogP contribution in [0.4, 0.5) is 0 Å². The molecule has 0 heterocycles. The molecule has 29 heavy (non-hydrogen) atoms. The highest BCUT2D eigenvalue weighted by Gasteiger charge is 2.12. The minimum atomic E-state index is -0.781. The first-order chi connectivity index (χ1) is 13.8. The molecule has 0 bridgehead atoms. The van der Waals surface area contributed by atoms with Crippen LogP contribution in [0.5, 0.6) is 0 Å². The van der Waals surface area contributed by atoms with E-state index in [1.54, 1.807) is 6.92 Å². The number of esters is 2. The number of ether oxygens (including phenoxy) is 2. The molecule has 0 aromatic rings. The Balaban J connectivity index is 3.55. The van der Waals surface area contributed by atoms with Crippen LogP contribution in [0.1, 0.15) is 96.8 Å². The van der Waals surface area contributed by atoms with Gasteiger partial charge in [0.2, 0.25) is 0 Å². The number of hydrogen-bond acceptors (Lipinski definition) is 6. The van der Waals surface area contributed by atoms with Crippen LogP contribution in [0.3, 0.4) is 0 Å². The third kappa shape index (κ3) is 20.4. The predicted molar refractivity (Wildman–Crippen MR) is 106 cm³/mol. The predicted octanol–water partition coefficient (Wildman–Crippen LogP) is 4.09. The summed E-state index contributed by atoms with van der Waals surface area (Å²) in [6, 6.07) is 0. The van der Waals surface area contributed by atoms with Crippen molar-refractivity contribution in [3.05, 3.63) is 0 Å². The molecule has 8 heteroatoms. The maximum absolute atomic E-state index is 11.7. The number of unbranched alkanes of at least 4 members (excludes halogenated alkanes) is 8. The lowest BCUT2D eigenvalue weighted by atomic mass is 10.1. The highest BCUT2D eigenvalue weighted by atomic mass is 16.6. The topological polar surface area (TPSA) is 127 Å². The molecule has 0 aliphatic heterocycles. The van der Waals surface area contributed by atoms with Gasteiger partial charge in [0, 0.05) is 25.7 Å².